The molecule has 2 N–H and O–H groups in total. The summed E-state index contributed by atoms with van der Waals surface area (Å²) in [6.45, 7) is 0. The lowest BCUT2D eigenvalue weighted by Gasteiger charge is -2.35. The van der Waals surface area contributed by atoms with E-state index in [0.29, 0.717) is 6.42 Å². The molecule has 4 heteroatoms. The number of rotatable bonds is 1. The van der Waals surface area contributed by atoms with Crippen LogP contribution in [0.2, 0.25) is 0 Å². The number of hydrogen-bond donors (Lipinski definition) is 2. The molecule has 128 valence electrons. The Bertz CT molecular complexity index is 1070. The summed E-state index contributed by atoms with van der Waals surface area (Å²) < 4.78 is 0. The van der Waals surface area contributed by atoms with Crippen LogP contribution in [0.25, 0.3) is 16.5 Å². The van der Waals surface area contributed by atoms with Gasteiger partial charge in [-0.25, -0.2) is 0 Å². The van der Waals surface area contributed by atoms with Gasteiger partial charge in [0.1, 0.15) is 5.75 Å². The van der Waals surface area contributed by atoms with Crippen molar-refractivity contribution in [2.75, 3.05) is 5.32 Å². The number of benzene rings is 2. The number of aromatic hydroxyl groups is 1. The standard InChI is InChI=1S/C22H18N2O2/c25-14-8-6-13(7-9-14)22-21-16(3-1-5-19(21)26)20-15-4-2-12-23-17(15)10-11-18(20)24-22/h2,4,6-12,22,24-25H,1,3,5H2/t22-/m1/s1. The highest BCUT2D eigenvalue weighted by Crippen LogP contribution is 2.47. The summed E-state index contributed by atoms with van der Waals surface area (Å²) in [6.07, 6.45) is 4.17. The fraction of sp³-hybridized carbons (Fsp3) is 0.182. The van der Waals surface area contributed by atoms with Gasteiger partial charge in [0.05, 0.1) is 11.6 Å². The van der Waals surface area contributed by atoms with Crippen LogP contribution in [-0.4, -0.2) is 15.9 Å². The van der Waals surface area contributed by atoms with Gasteiger partial charge < -0.3 is 10.4 Å². The first-order valence-corrected chi connectivity index (χ1v) is 8.92. The van der Waals surface area contributed by atoms with Crippen LogP contribution in [0.5, 0.6) is 5.75 Å². The largest absolute Gasteiger partial charge is 0.508 e. The number of hydrogen-bond acceptors (Lipinski definition) is 4. The van der Waals surface area contributed by atoms with E-state index in [-0.39, 0.29) is 17.6 Å². The number of phenolic OH excluding ortho intramolecular Hbond substituents is 1. The Labute approximate surface area is 151 Å². The van der Waals surface area contributed by atoms with Crippen LogP contribution >= 0.6 is 0 Å². The molecule has 3 aromatic rings. The Morgan fingerprint density at radius 3 is 2.73 bits per heavy atom. The van der Waals surface area contributed by atoms with E-state index in [9.17, 15) is 9.90 Å². The van der Waals surface area contributed by atoms with Gasteiger partial charge in [0.25, 0.3) is 0 Å². The molecule has 0 saturated carbocycles. The number of pyridine rings is 1. The third kappa shape index (κ3) is 2.22. The fourth-order valence-electron chi connectivity index (χ4n) is 4.20. The lowest BCUT2D eigenvalue weighted by molar-refractivity contribution is -0.116. The summed E-state index contributed by atoms with van der Waals surface area (Å²) in [4.78, 5) is 17.3. The maximum atomic E-state index is 12.9. The number of allylic oxidation sites excluding steroid dienone is 1. The molecule has 1 atom stereocenters. The van der Waals surface area contributed by atoms with Crippen molar-refractivity contribution in [1.29, 1.82) is 0 Å². The fourth-order valence-corrected chi connectivity index (χ4v) is 4.20. The number of nitrogens with zero attached hydrogens (tertiary/aromatic N) is 1. The van der Waals surface area contributed by atoms with Gasteiger partial charge >= 0.3 is 0 Å². The first-order chi connectivity index (χ1) is 12.7. The second-order valence-corrected chi connectivity index (χ2v) is 6.90. The van der Waals surface area contributed by atoms with Crippen LogP contribution in [0.4, 0.5) is 5.69 Å². The average molecular weight is 342 g/mol. The molecule has 0 saturated heterocycles. The lowest BCUT2D eigenvalue weighted by Crippen LogP contribution is -2.27. The number of phenols is 1. The van der Waals surface area contributed by atoms with Crippen LogP contribution in [0.15, 0.2) is 60.3 Å². The summed E-state index contributed by atoms with van der Waals surface area (Å²) in [5, 5.41) is 14.3. The lowest BCUT2D eigenvalue weighted by atomic mass is 9.77. The molecular formula is C22H18N2O2. The predicted octanol–water partition coefficient (Wildman–Crippen LogP) is 4.61. The van der Waals surface area contributed by atoms with Crippen molar-refractivity contribution < 1.29 is 9.90 Å². The molecule has 1 aromatic heterocycles. The summed E-state index contributed by atoms with van der Waals surface area (Å²) in [6, 6.07) is 15.0. The van der Waals surface area contributed by atoms with Gasteiger partial charge in [-0.05, 0) is 54.3 Å². The maximum Gasteiger partial charge on any atom is 0.161 e. The number of nitrogens with one attached hydrogen (secondary N) is 1. The Morgan fingerprint density at radius 1 is 1.04 bits per heavy atom. The van der Waals surface area contributed by atoms with Crippen molar-refractivity contribution in [2.45, 2.75) is 25.3 Å². The number of ketones is 1. The number of carbonyl (C=O) groups is 1. The van der Waals surface area contributed by atoms with Crippen LogP contribution < -0.4 is 5.32 Å². The van der Waals surface area contributed by atoms with Crippen LogP contribution in [0.1, 0.15) is 36.4 Å². The molecule has 1 aliphatic heterocycles. The first-order valence-electron chi connectivity index (χ1n) is 8.92. The van der Waals surface area contributed by atoms with E-state index in [1.807, 2.05) is 24.3 Å². The second-order valence-electron chi connectivity index (χ2n) is 6.90. The zero-order chi connectivity index (χ0) is 17.7. The van der Waals surface area contributed by atoms with Crippen LogP contribution in [0, 0.1) is 0 Å². The van der Waals surface area contributed by atoms with Gasteiger partial charge in [-0.1, -0.05) is 18.2 Å². The van der Waals surface area contributed by atoms with Crippen molar-refractivity contribution >= 4 is 27.9 Å². The van der Waals surface area contributed by atoms with Gasteiger partial charge in [-0.15, -0.1) is 0 Å². The third-order valence-electron chi connectivity index (χ3n) is 5.36. The number of anilines is 1. The second kappa shape index (κ2) is 5.70. The normalized spacial score (nSPS) is 19.1. The van der Waals surface area contributed by atoms with Crippen molar-refractivity contribution in [1.82, 2.24) is 4.98 Å². The minimum Gasteiger partial charge on any atom is -0.508 e. The molecule has 0 bridgehead atoms. The highest BCUT2D eigenvalue weighted by molar-refractivity contribution is 6.12. The van der Waals surface area contributed by atoms with Crippen molar-refractivity contribution in [3.63, 3.8) is 0 Å². The monoisotopic (exact) mass is 342 g/mol. The van der Waals surface area contributed by atoms with E-state index >= 15 is 0 Å². The average Bonchev–Trinajstić information content (AvgIpc) is 2.68. The molecule has 0 radical (unpaired) electrons. The van der Waals surface area contributed by atoms with Gasteiger partial charge in [-0.2, -0.15) is 0 Å². The molecular weight excluding hydrogens is 324 g/mol. The summed E-state index contributed by atoms with van der Waals surface area (Å²) in [7, 11) is 0. The molecule has 26 heavy (non-hydrogen) atoms. The molecule has 2 aromatic carbocycles. The van der Waals surface area contributed by atoms with E-state index in [1.54, 1.807) is 18.3 Å². The molecule has 0 amide bonds. The Balaban J connectivity index is 1.78. The quantitative estimate of drug-likeness (QED) is 0.678. The number of carbonyl (C=O) groups excluding carboxylic acids is 1. The van der Waals surface area contributed by atoms with Crippen molar-refractivity contribution in [3.05, 3.63) is 71.4 Å². The van der Waals surface area contributed by atoms with Gasteiger partial charge in [-0.3, -0.25) is 9.78 Å². The number of fused-ring (bicyclic) bond motifs is 4. The van der Waals surface area contributed by atoms with Crippen LogP contribution in [-0.2, 0) is 4.79 Å². The van der Waals surface area contributed by atoms with Gasteiger partial charge in [0.2, 0.25) is 0 Å². The number of Topliss-reactive ketones (excluding diaryl/α,β-unsaturated/α-hetero) is 1. The molecule has 0 unspecified atom stereocenters. The van der Waals surface area contributed by atoms with E-state index < -0.39 is 0 Å². The first kappa shape index (κ1) is 15.1. The SMILES string of the molecule is O=C1CCCC2=C1[C@@H](c1ccc(O)cc1)Nc1ccc3ncccc3c12. The highest BCUT2D eigenvalue weighted by atomic mass is 16.3. The molecule has 0 fully saturated rings. The Hall–Kier alpha value is -3.14. The topological polar surface area (TPSA) is 62.2 Å². The summed E-state index contributed by atoms with van der Waals surface area (Å²) in [5.41, 5.74) is 6.10. The van der Waals surface area contributed by atoms with E-state index in [4.69, 9.17) is 0 Å². The van der Waals surface area contributed by atoms with E-state index in [1.165, 1.54) is 0 Å². The van der Waals surface area contributed by atoms with Crippen molar-refractivity contribution in [3.8, 4) is 5.75 Å². The van der Waals surface area contributed by atoms with E-state index in [0.717, 1.165) is 51.7 Å². The Kier molecular flexibility index (Phi) is 3.32. The molecule has 2 aliphatic rings. The van der Waals surface area contributed by atoms with Gasteiger partial charge in [0.15, 0.2) is 5.78 Å². The minimum atomic E-state index is -0.181. The molecule has 4 nitrogen and oxygen atoms in total. The zero-order valence-electron chi connectivity index (χ0n) is 14.2. The summed E-state index contributed by atoms with van der Waals surface area (Å²) >= 11 is 0. The predicted molar refractivity (Wildman–Crippen MR) is 102 cm³/mol. The maximum absolute atomic E-state index is 12.9. The smallest absolute Gasteiger partial charge is 0.161 e. The molecule has 2 heterocycles. The minimum absolute atomic E-state index is 0.181. The van der Waals surface area contributed by atoms with Crippen molar-refractivity contribution in [2.24, 2.45) is 0 Å². The van der Waals surface area contributed by atoms with Crippen LogP contribution in [0.3, 0.4) is 0 Å². The molecule has 1 aliphatic carbocycles. The number of aromatic nitrogens is 1. The molecule has 5 rings (SSSR count). The van der Waals surface area contributed by atoms with E-state index in [2.05, 4.69) is 22.4 Å². The molecule has 0 spiro atoms. The highest BCUT2D eigenvalue weighted by Gasteiger charge is 2.34. The van der Waals surface area contributed by atoms with Gasteiger partial charge in [0, 0.05) is 34.8 Å². The Morgan fingerprint density at radius 2 is 1.88 bits per heavy atom. The third-order valence-corrected chi connectivity index (χ3v) is 5.36. The zero-order valence-corrected chi connectivity index (χ0v) is 14.2. The summed E-state index contributed by atoms with van der Waals surface area (Å²) in [5.74, 6) is 0.439.